The second-order valence-corrected chi connectivity index (χ2v) is 4.17. The molecule has 0 unspecified atom stereocenters. The van der Waals surface area contributed by atoms with Crippen molar-refractivity contribution in [3.63, 3.8) is 0 Å². The van der Waals surface area contributed by atoms with Crippen molar-refractivity contribution in [1.29, 1.82) is 0 Å². The summed E-state index contributed by atoms with van der Waals surface area (Å²) in [7, 11) is 0. The van der Waals surface area contributed by atoms with Crippen LogP contribution >= 0.6 is 12.2 Å². The third-order valence-electron chi connectivity index (χ3n) is 2.39. The van der Waals surface area contributed by atoms with Gasteiger partial charge in [-0.05, 0) is 19.1 Å². The summed E-state index contributed by atoms with van der Waals surface area (Å²) in [6.07, 6.45) is 5.00. The number of nitrogens with one attached hydrogen (secondary N) is 1. The zero-order chi connectivity index (χ0) is 13.7. The molecule has 0 aliphatic carbocycles. The van der Waals surface area contributed by atoms with Crippen molar-refractivity contribution in [2.75, 3.05) is 11.9 Å². The molecule has 5 nitrogen and oxygen atoms in total. The maximum Gasteiger partial charge on any atom is 0.213 e. The molecular formula is C13H14N4OS. The Morgan fingerprint density at radius 3 is 2.84 bits per heavy atom. The third-order valence-corrected chi connectivity index (χ3v) is 2.61. The summed E-state index contributed by atoms with van der Waals surface area (Å²) in [6, 6.07) is 5.43. The molecule has 0 aliphatic heterocycles. The standard InChI is InChI=1S/C13H14N4OS/c1-2-18-12-4-3-9(7-16-12)17-11-8-15-6-5-10(11)13(14)19/h3-8,17H,2H2,1H3,(H2,14,19). The Kier molecular flexibility index (Phi) is 4.25. The summed E-state index contributed by atoms with van der Waals surface area (Å²) in [5, 5.41) is 3.18. The van der Waals surface area contributed by atoms with E-state index in [-0.39, 0.29) is 0 Å². The summed E-state index contributed by atoms with van der Waals surface area (Å²) in [6.45, 7) is 2.51. The molecule has 19 heavy (non-hydrogen) atoms. The maximum absolute atomic E-state index is 5.66. The Morgan fingerprint density at radius 1 is 1.37 bits per heavy atom. The fourth-order valence-electron chi connectivity index (χ4n) is 1.55. The van der Waals surface area contributed by atoms with E-state index in [2.05, 4.69) is 15.3 Å². The molecule has 98 valence electrons. The molecule has 0 radical (unpaired) electrons. The molecule has 2 heterocycles. The van der Waals surface area contributed by atoms with Gasteiger partial charge in [-0.25, -0.2) is 4.98 Å². The summed E-state index contributed by atoms with van der Waals surface area (Å²) < 4.78 is 5.28. The Morgan fingerprint density at radius 2 is 2.21 bits per heavy atom. The Bertz CT molecular complexity index is 571. The van der Waals surface area contributed by atoms with Gasteiger partial charge in [0.15, 0.2) is 0 Å². The molecule has 0 saturated carbocycles. The van der Waals surface area contributed by atoms with Gasteiger partial charge in [-0.3, -0.25) is 4.98 Å². The fraction of sp³-hybridized carbons (Fsp3) is 0.154. The number of anilines is 2. The van der Waals surface area contributed by atoms with E-state index in [1.54, 1.807) is 30.7 Å². The van der Waals surface area contributed by atoms with Gasteiger partial charge in [0, 0.05) is 17.8 Å². The monoisotopic (exact) mass is 274 g/mol. The van der Waals surface area contributed by atoms with Crippen LogP contribution in [-0.2, 0) is 0 Å². The number of ether oxygens (including phenoxy) is 1. The molecule has 0 aromatic carbocycles. The molecule has 0 bridgehead atoms. The largest absolute Gasteiger partial charge is 0.478 e. The number of thiocarbonyl (C=S) groups is 1. The van der Waals surface area contributed by atoms with E-state index in [4.69, 9.17) is 22.7 Å². The van der Waals surface area contributed by atoms with Crippen molar-refractivity contribution in [2.24, 2.45) is 5.73 Å². The number of nitrogens with two attached hydrogens (primary N) is 1. The minimum absolute atomic E-state index is 0.323. The first-order valence-electron chi connectivity index (χ1n) is 5.80. The molecule has 2 aromatic rings. The van der Waals surface area contributed by atoms with E-state index in [9.17, 15) is 0 Å². The van der Waals surface area contributed by atoms with E-state index >= 15 is 0 Å². The van der Waals surface area contributed by atoms with E-state index in [1.165, 1.54) is 0 Å². The number of hydrogen-bond donors (Lipinski definition) is 2. The predicted molar refractivity (Wildman–Crippen MR) is 78.8 cm³/mol. The summed E-state index contributed by atoms with van der Waals surface area (Å²) in [5.41, 5.74) is 7.97. The Hall–Kier alpha value is -2.21. The van der Waals surface area contributed by atoms with E-state index < -0.39 is 0 Å². The summed E-state index contributed by atoms with van der Waals surface area (Å²) in [4.78, 5) is 8.54. The van der Waals surface area contributed by atoms with Crippen LogP contribution in [0.25, 0.3) is 0 Å². The lowest BCUT2D eigenvalue weighted by Crippen LogP contribution is -2.12. The molecule has 0 atom stereocenters. The lowest BCUT2D eigenvalue weighted by Gasteiger charge is -2.10. The number of pyridine rings is 2. The van der Waals surface area contributed by atoms with Crippen molar-refractivity contribution in [3.8, 4) is 5.88 Å². The van der Waals surface area contributed by atoms with Crippen LogP contribution in [0.2, 0.25) is 0 Å². The molecular weight excluding hydrogens is 260 g/mol. The van der Waals surface area contributed by atoms with Crippen LogP contribution in [0.3, 0.4) is 0 Å². The summed E-state index contributed by atoms with van der Waals surface area (Å²) >= 11 is 5.00. The van der Waals surface area contributed by atoms with Crippen molar-refractivity contribution in [3.05, 3.63) is 42.4 Å². The van der Waals surface area contributed by atoms with Crippen LogP contribution in [0.4, 0.5) is 11.4 Å². The van der Waals surface area contributed by atoms with Crippen molar-refractivity contribution in [1.82, 2.24) is 9.97 Å². The zero-order valence-corrected chi connectivity index (χ0v) is 11.3. The quantitative estimate of drug-likeness (QED) is 0.815. The number of rotatable bonds is 5. The maximum atomic E-state index is 5.66. The van der Waals surface area contributed by atoms with Gasteiger partial charge in [0.1, 0.15) is 4.99 Å². The normalized spacial score (nSPS) is 9.95. The minimum atomic E-state index is 0.323. The summed E-state index contributed by atoms with van der Waals surface area (Å²) in [5.74, 6) is 0.591. The highest BCUT2D eigenvalue weighted by atomic mass is 32.1. The second kappa shape index (κ2) is 6.10. The molecule has 0 spiro atoms. The van der Waals surface area contributed by atoms with E-state index in [0.29, 0.717) is 17.5 Å². The van der Waals surface area contributed by atoms with Crippen LogP contribution in [0.15, 0.2) is 36.8 Å². The van der Waals surface area contributed by atoms with Crippen molar-refractivity contribution >= 4 is 28.6 Å². The van der Waals surface area contributed by atoms with Gasteiger partial charge in [-0.15, -0.1) is 0 Å². The van der Waals surface area contributed by atoms with Crippen LogP contribution < -0.4 is 15.8 Å². The van der Waals surface area contributed by atoms with Crippen molar-refractivity contribution < 1.29 is 4.74 Å². The first kappa shape index (κ1) is 13.2. The number of nitrogens with zero attached hydrogens (tertiary/aromatic N) is 2. The van der Waals surface area contributed by atoms with Gasteiger partial charge >= 0.3 is 0 Å². The lowest BCUT2D eigenvalue weighted by atomic mass is 10.2. The molecule has 6 heteroatoms. The molecule has 0 saturated heterocycles. The minimum Gasteiger partial charge on any atom is -0.478 e. The van der Waals surface area contributed by atoms with Crippen LogP contribution in [0.5, 0.6) is 5.88 Å². The molecule has 0 fully saturated rings. The highest BCUT2D eigenvalue weighted by molar-refractivity contribution is 7.80. The first-order valence-corrected chi connectivity index (χ1v) is 6.21. The Balaban J connectivity index is 2.19. The van der Waals surface area contributed by atoms with Crippen LogP contribution in [-0.4, -0.2) is 21.6 Å². The molecule has 2 rings (SSSR count). The molecule has 0 amide bonds. The number of hydrogen-bond acceptors (Lipinski definition) is 5. The van der Waals surface area contributed by atoms with E-state index in [0.717, 1.165) is 16.9 Å². The van der Waals surface area contributed by atoms with Gasteiger partial charge in [-0.1, -0.05) is 12.2 Å². The average molecular weight is 274 g/mol. The van der Waals surface area contributed by atoms with Gasteiger partial charge in [0.2, 0.25) is 5.88 Å². The topological polar surface area (TPSA) is 73.1 Å². The van der Waals surface area contributed by atoms with Gasteiger partial charge in [0.05, 0.1) is 30.4 Å². The smallest absolute Gasteiger partial charge is 0.213 e. The van der Waals surface area contributed by atoms with Crippen molar-refractivity contribution in [2.45, 2.75) is 6.92 Å². The lowest BCUT2D eigenvalue weighted by molar-refractivity contribution is 0.327. The second-order valence-electron chi connectivity index (χ2n) is 3.73. The zero-order valence-electron chi connectivity index (χ0n) is 10.5. The third kappa shape index (κ3) is 3.38. The fourth-order valence-corrected chi connectivity index (χ4v) is 1.73. The van der Waals surface area contributed by atoms with E-state index in [1.807, 2.05) is 13.0 Å². The highest BCUT2D eigenvalue weighted by Crippen LogP contribution is 2.20. The molecule has 3 N–H and O–H groups in total. The SMILES string of the molecule is CCOc1ccc(Nc2cnccc2C(N)=S)cn1. The molecule has 0 aliphatic rings. The highest BCUT2D eigenvalue weighted by Gasteiger charge is 2.05. The first-order chi connectivity index (χ1) is 9.20. The van der Waals surface area contributed by atoms with Crippen LogP contribution in [0, 0.1) is 0 Å². The predicted octanol–water partition coefficient (Wildman–Crippen LogP) is 2.25. The van der Waals surface area contributed by atoms with Gasteiger partial charge in [-0.2, -0.15) is 0 Å². The van der Waals surface area contributed by atoms with Gasteiger partial charge < -0.3 is 15.8 Å². The Labute approximate surface area is 116 Å². The number of aromatic nitrogens is 2. The van der Waals surface area contributed by atoms with Crippen LogP contribution in [0.1, 0.15) is 12.5 Å². The average Bonchev–Trinajstić information content (AvgIpc) is 2.42. The van der Waals surface area contributed by atoms with Gasteiger partial charge in [0.25, 0.3) is 0 Å². The molecule has 2 aromatic heterocycles.